The first kappa shape index (κ1) is 9.01. The highest BCUT2D eigenvalue weighted by atomic mass is 15.2. The summed E-state index contributed by atoms with van der Waals surface area (Å²) in [5.74, 6) is 0. The van der Waals surface area contributed by atoms with Gasteiger partial charge in [-0.05, 0) is 19.5 Å². The second kappa shape index (κ2) is 3.11. The van der Waals surface area contributed by atoms with Crippen LogP contribution in [0.25, 0.3) is 0 Å². The molecule has 0 saturated carbocycles. The summed E-state index contributed by atoms with van der Waals surface area (Å²) in [6.07, 6.45) is 0. The molecule has 0 unspecified atom stereocenters. The van der Waals surface area contributed by atoms with Crippen molar-refractivity contribution in [3.63, 3.8) is 0 Å². The number of likely N-dealkylation sites (N-methyl/N-ethyl adjacent to an activating group) is 2. The highest BCUT2D eigenvalue weighted by Crippen LogP contribution is 2.19. The number of nitrogens with zero attached hydrogens (tertiary/aromatic N) is 2. The van der Waals surface area contributed by atoms with E-state index in [4.69, 9.17) is 0 Å². The molecule has 1 saturated heterocycles. The van der Waals surface area contributed by atoms with Crippen molar-refractivity contribution >= 4 is 0 Å². The molecule has 1 aliphatic heterocycles. The quantitative estimate of drug-likeness (QED) is 0.514. The zero-order valence-corrected chi connectivity index (χ0v) is 8.22. The van der Waals surface area contributed by atoms with Crippen molar-refractivity contribution in [2.45, 2.75) is 13.8 Å². The maximum Gasteiger partial charge on any atom is 0.0106 e. The van der Waals surface area contributed by atoms with Gasteiger partial charge in [-0.15, -0.1) is 0 Å². The van der Waals surface area contributed by atoms with Crippen molar-refractivity contribution in [1.29, 1.82) is 0 Å². The first-order valence-electron chi connectivity index (χ1n) is 4.37. The van der Waals surface area contributed by atoms with E-state index >= 15 is 0 Å². The van der Waals surface area contributed by atoms with Crippen molar-refractivity contribution in [2.75, 3.05) is 40.3 Å². The van der Waals surface area contributed by atoms with Crippen LogP contribution in [0, 0.1) is 5.41 Å². The molecule has 0 N–H and O–H groups in total. The predicted molar refractivity (Wildman–Crippen MR) is 48.8 cm³/mol. The van der Waals surface area contributed by atoms with Gasteiger partial charge < -0.3 is 9.80 Å². The summed E-state index contributed by atoms with van der Waals surface area (Å²) in [6.45, 7) is 9.53. The maximum absolute atomic E-state index is 2.42. The summed E-state index contributed by atoms with van der Waals surface area (Å²) in [5, 5.41) is 0. The zero-order valence-electron chi connectivity index (χ0n) is 8.22. The molecule has 1 fully saturated rings. The van der Waals surface area contributed by atoms with E-state index < -0.39 is 0 Å². The Balaban J connectivity index is 2.55. The normalized spacial score (nSPS) is 28.4. The summed E-state index contributed by atoms with van der Waals surface area (Å²) in [5.41, 5.74) is 0.458. The first-order chi connectivity index (χ1) is 4.99. The Labute approximate surface area is 70.2 Å². The molecule has 1 heterocycles. The molecule has 0 aromatic carbocycles. The van der Waals surface area contributed by atoms with Gasteiger partial charge in [0.25, 0.3) is 0 Å². The van der Waals surface area contributed by atoms with Crippen LogP contribution < -0.4 is 0 Å². The van der Waals surface area contributed by atoms with Gasteiger partial charge in [-0.3, -0.25) is 0 Å². The lowest BCUT2D eigenvalue weighted by Crippen LogP contribution is -2.33. The van der Waals surface area contributed by atoms with Crippen LogP contribution in [0.15, 0.2) is 0 Å². The summed E-state index contributed by atoms with van der Waals surface area (Å²) < 4.78 is 0. The van der Waals surface area contributed by atoms with Gasteiger partial charge in [0, 0.05) is 26.2 Å². The fourth-order valence-electron chi connectivity index (χ4n) is 2.01. The maximum atomic E-state index is 2.42. The van der Waals surface area contributed by atoms with Gasteiger partial charge >= 0.3 is 0 Å². The van der Waals surface area contributed by atoms with Crippen molar-refractivity contribution < 1.29 is 0 Å². The van der Waals surface area contributed by atoms with Gasteiger partial charge in [0.15, 0.2) is 0 Å². The van der Waals surface area contributed by atoms with Gasteiger partial charge in [0.2, 0.25) is 0 Å². The van der Waals surface area contributed by atoms with Crippen molar-refractivity contribution in [1.82, 2.24) is 9.80 Å². The zero-order chi connectivity index (χ0) is 8.48. The van der Waals surface area contributed by atoms with Crippen LogP contribution in [0.1, 0.15) is 13.8 Å². The third-order valence-electron chi connectivity index (χ3n) is 2.26. The van der Waals surface area contributed by atoms with Crippen LogP contribution in [0.3, 0.4) is 0 Å². The Morgan fingerprint density at radius 1 is 0.909 bits per heavy atom. The molecule has 0 bridgehead atoms. The van der Waals surface area contributed by atoms with Crippen molar-refractivity contribution in [3.05, 3.63) is 0 Å². The summed E-state index contributed by atoms with van der Waals surface area (Å²) in [4.78, 5) is 4.84. The molecule has 66 valence electrons. The second-order valence-corrected chi connectivity index (χ2v) is 4.64. The van der Waals surface area contributed by atoms with Gasteiger partial charge in [0.1, 0.15) is 0 Å². The monoisotopic (exact) mass is 156 g/mol. The minimum Gasteiger partial charge on any atom is -0.305 e. The fourth-order valence-corrected chi connectivity index (χ4v) is 2.01. The Morgan fingerprint density at radius 3 is 1.64 bits per heavy atom. The average molecular weight is 156 g/mol. The molecule has 1 rings (SSSR count). The van der Waals surface area contributed by atoms with Crippen LogP contribution >= 0.6 is 0 Å². The van der Waals surface area contributed by atoms with Crippen LogP contribution in [-0.2, 0) is 0 Å². The molecule has 2 heteroatoms. The molecular formula is C9H20N2. The number of rotatable bonds is 0. The fraction of sp³-hybridized carbons (Fsp3) is 1.00. The summed E-state index contributed by atoms with van der Waals surface area (Å²) >= 11 is 0. The molecule has 0 atom stereocenters. The van der Waals surface area contributed by atoms with Crippen molar-refractivity contribution in [3.8, 4) is 0 Å². The van der Waals surface area contributed by atoms with Crippen LogP contribution in [-0.4, -0.2) is 50.1 Å². The van der Waals surface area contributed by atoms with Crippen LogP contribution in [0.5, 0.6) is 0 Å². The third kappa shape index (κ3) is 2.80. The van der Waals surface area contributed by atoms with Gasteiger partial charge in [-0.2, -0.15) is 0 Å². The Morgan fingerprint density at radius 2 is 1.27 bits per heavy atom. The highest BCUT2D eigenvalue weighted by Gasteiger charge is 2.24. The minimum absolute atomic E-state index is 0.458. The third-order valence-corrected chi connectivity index (χ3v) is 2.26. The molecule has 0 amide bonds. The molecule has 0 aromatic heterocycles. The lowest BCUT2D eigenvalue weighted by molar-refractivity contribution is 0.215. The molecule has 0 spiro atoms. The minimum atomic E-state index is 0.458. The lowest BCUT2D eigenvalue weighted by atomic mass is 9.93. The largest absolute Gasteiger partial charge is 0.305 e. The number of hydrogen-bond donors (Lipinski definition) is 0. The Kier molecular flexibility index (Phi) is 2.55. The van der Waals surface area contributed by atoms with Gasteiger partial charge in [0.05, 0.1) is 0 Å². The van der Waals surface area contributed by atoms with E-state index in [2.05, 4.69) is 37.7 Å². The average Bonchev–Trinajstić information content (AvgIpc) is 1.89. The molecule has 0 aliphatic carbocycles. The van der Waals surface area contributed by atoms with E-state index in [1.165, 1.54) is 26.2 Å². The standard InChI is InChI=1S/C9H20N2/c1-9(2)7-10(3)5-6-11(4)8-9/h5-8H2,1-4H3. The van der Waals surface area contributed by atoms with E-state index in [0.29, 0.717) is 5.41 Å². The van der Waals surface area contributed by atoms with E-state index in [9.17, 15) is 0 Å². The van der Waals surface area contributed by atoms with Gasteiger partial charge in [-0.1, -0.05) is 13.8 Å². The lowest BCUT2D eigenvalue weighted by Gasteiger charge is -2.27. The Hall–Kier alpha value is -0.0800. The van der Waals surface area contributed by atoms with E-state index in [0.717, 1.165) is 0 Å². The smallest absolute Gasteiger partial charge is 0.0106 e. The molecule has 2 nitrogen and oxygen atoms in total. The molecule has 11 heavy (non-hydrogen) atoms. The predicted octanol–water partition coefficient (Wildman–Crippen LogP) is 0.890. The van der Waals surface area contributed by atoms with Crippen LogP contribution in [0.2, 0.25) is 0 Å². The molecule has 0 aromatic rings. The molecule has 0 radical (unpaired) electrons. The second-order valence-electron chi connectivity index (χ2n) is 4.64. The summed E-state index contributed by atoms with van der Waals surface area (Å²) in [7, 11) is 4.42. The van der Waals surface area contributed by atoms with E-state index in [1.54, 1.807) is 0 Å². The first-order valence-corrected chi connectivity index (χ1v) is 4.37. The highest BCUT2D eigenvalue weighted by molar-refractivity contribution is 4.79. The van der Waals surface area contributed by atoms with E-state index in [1.807, 2.05) is 0 Å². The number of hydrogen-bond acceptors (Lipinski definition) is 2. The van der Waals surface area contributed by atoms with E-state index in [-0.39, 0.29) is 0 Å². The topological polar surface area (TPSA) is 6.48 Å². The summed E-state index contributed by atoms with van der Waals surface area (Å²) in [6, 6.07) is 0. The molecular weight excluding hydrogens is 136 g/mol. The van der Waals surface area contributed by atoms with Crippen molar-refractivity contribution in [2.24, 2.45) is 5.41 Å². The van der Waals surface area contributed by atoms with Gasteiger partial charge in [-0.25, -0.2) is 0 Å². The Bertz CT molecular complexity index is 118. The van der Waals surface area contributed by atoms with Crippen LogP contribution in [0.4, 0.5) is 0 Å². The molecule has 1 aliphatic rings. The SMILES string of the molecule is CN1CCN(C)CC(C)(C)C1.